The Morgan fingerprint density at radius 1 is 0.822 bits per heavy atom. The summed E-state index contributed by atoms with van der Waals surface area (Å²) in [6.45, 7) is 15.9. The smallest absolute Gasteiger partial charge is 0.327 e. The molecule has 0 aromatic heterocycles. The Labute approximate surface area is 425 Å². The van der Waals surface area contributed by atoms with Crippen molar-refractivity contribution in [2.45, 2.75) is 136 Å². The summed E-state index contributed by atoms with van der Waals surface area (Å²) in [5.41, 5.74) is 12.1. The zero-order chi connectivity index (χ0) is 55.3. The van der Waals surface area contributed by atoms with Gasteiger partial charge in [-0.1, -0.05) is 95.3 Å². The van der Waals surface area contributed by atoms with E-state index in [2.05, 4.69) is 43.5 Å². The Kier molecular flexibility index (Phi) is 25.0. The van der Waals surface area contributed by atoms with E-state index in [9.17, 15) is 58.2 Å². The second-order valence-electron chi connectivity index (χ2n) is 18.6. The van der Waals surface area contributed by atoms with Gasteiger partial charge in [0.25, 0.3) is 5.91 Å². The second-order valence-corrected chi connectivity index (χ2v) is 18.6. The van der Waals surface area contributed by atoms with Crippen molar-refractivity contribution in [2.75, 3.05) is 13.6 Å². The van der Waals surface area contributed by atoms with Gasteiger partial charge in [0.05, 0.1) is 17.9 Å². The third-order valence-corrected chi connectivity index (χ3v) is 12.0. The van der Waals surface area contributed by atoms with Gasteiger partial charge in [-0.25, -0.2) is 9.59 Å². The molecule has 1 aromatic carbocycles. The number of esters is 1. The molecule has 0 spiro atoms. The number of carbonyl (C=O) groups is 10. The summed E-state index contributed by atoms with van der Waals surface area (Å²) in [4.78, 5) is 138. The average Bonchev–Trinajstić information content (AvgIpc) is 3.31. The first kappa shape index (κ1) is 61.5. The number of nitrogens with one attached hydrogen (secondary N) is 6. The Morgan fingerprint density at radius 3 is 2.00 bits per heavy atom. The molecule has 1 fully saturated rings. The number of carboxylic acids is 2. The predicted molar refractivity (Wildman–Crippen MR) is 269 cm³/mol. The van der Waals surface area contributed by atoms with E-state index in [0.717, 1.165) is 10.5 Å². The van der Waals surface area contributed by atoms with Crippen LogP contribution >= 0.6 is 0 Å². The van der Waals surface area contributed by atoms with Crippen LogP contribution in [0.5, 0.6) is 0 Å². The fraction of sp³-hybridized carbons (Fsp3) is 0.540. The van der Waals surface area contributed by atoms with Crippen LogP contribution in [-0.4, -0.2) is 136 Å². The molecule has 73 heavy (non-hydrogen) atoms. The van der Waals surface area contributed by atoms with E-state index in [-0.39, 0.29) is 43.6 Å². The summed E-state index contributed by atoms with van der Waals surface area (Å²) in [6, 6.07) is 0.440. The highest BCUT2D eigenvalue weighted by atomic mass is 16.5. The lowest BCUT2D eigenvalue weighted by Gasteiger charge is -2.28. The number of allylic oxidation sites excluding steroid dienone is 2. The third kappa shape index (κ3) is 21.0. The average molecular weight is 1020 g/mol. The maximum atomic E-state index is 14.4. The van der Waals surface area contributed by atoms with E-state index in [4.69, 9.17) is 16.2 Å². The first-order valence-corrected chi connectivity index (χ1v) is 24.0. The van der Waals surface area contributed by atoms with Gasteiger partial charge in [-0.15, -0.1) is 0 Å². The summed E-state index contributed by atoms with van der Waals surface area (Å²) in [6.07, 6.45) is 3.70. The van der Waals surface area contributed by atoms with E-state index in [1.807, 2.05) is 43.3 Å². The number of nitrogens with two attached hydrogens (primary N) is 2. The van der Waals surface area contributed by atoms with E-state index >= 15 is 0 Å². The first-order chi connectivity index (χ1) is 34.1. The Balaban J connectivity index is 2.76. The van der Waals surface area contributed by atoms with Crippen molar-refractivity contribution in [2.24, 2.45) is 40.1 Å². The molecule has 1 aliphatic heterocycles. The van der Waals surface area contributed by atoms with Gasteiger partial charge in [-0.2, -0.15) is 0 Å². The summed E-state index contributed by atoms with van der Waals surface area (Å²) in [7, 11) is 1.20. The molecule has 10 atom stereocenters. The fourth-order valence-corrected chi connectivity index (χ4v) is 7.52. The van der Waals surface area contributed by atoms with Crippen molar-refractivity contribution >= 4 is 65.2 Å². The number of aliphatic imine (C=N–C) groups is 1. The minimum absolute atomic E-state index is 0.00249. The summed E-state index contributed by atoms with van der Waals surface area (Å²) < 4.78 is 5.67. The molecular formula is C50H74N10O13. The molecule has 0 saturated carbocycles. The summed E-state index contributed by atoms with van der Waals surface area (Å²) in [5.74, 6) is -13.6. The van der Waals surface area contributed by atoms with Crippen molar-refractivity contribution < 1.29 is 62.9 Å². The molecule has 1 heterocycles. The SMILES string of the molecule is C=C1C(=O)N[C@H](C)C(=O)N[C@@H](CC(C)C)C(=O)N[C@@H](C(=O)O)[C@H](C)C(=O)N[C@@H](CCCN=C(N)N)C(=O)N[C@@H](/C=C/C(C)=C/[C@H](C)[C@H](Cc2ccccc2)OC(C)=O)[C@H](C)C(=O)N[C@@H](C(=O)O)CCC(=O)N1C. The quantitative estimate of drug-likeness (QED) is 0.0286. The van der Waals surface area contributed by atoms with Gasteiger partial charge >= 0.3 is 17.9 Å². The number of hydrogen-bond acceptors (Lipinski definition) is 12. The van der Waals surface area contributed by atoms with Crippen molar-refractivity contribution in [3.63, 3.8) is 0 Å². The lowest BCUT2D eigenvalue weighted by Crippen LogP contribution is -2.59. The van der Waals surface area contributed by atoms with Gasteiger partial charge in [-0.05, 0) is 51.0 Å². The molecule has 7 amide bonds. The van der Waals surface area contributed by atoms with Crippen molar-refractivity contribution in [1.29, 1.82) is 0 Å². The highest BCUT2D eigenvalue weighted by Crippen LogP contribution is 2.20. The number of rotatable bonds is 15. The number of carbonyl (C=O) groups excluding carboxylic acids is 8. The van der Waals surface area contributed by atoms with E-state index in [0.29, 0.717) is 12.0 Å². The second kappa shape index (κ2) is 29.7. The van der Waals surface area contributed by atoms with Gasteiger partial charge in [0.2, 0.25) is 35.4 Å². The lowest BCUT2D eigenvalue weighted by molar-refractivity contribution is -0.148. The third-order valence-electron chi connectivity index (χ3n) is 12.0. The summed E-state index contributed by atoms with van der Waals surface area (Å²) in [5, 5.41) is 35.4. The van der Waals surface area contributed by atoms with Crippen molar-refractivity contribution in [3.05, 3.63) is 72.0 Å². The number of carboxylic acid groups (broad SMARTS) is 2. The highest BCUT2D eigenvalue weighted by Gasteiger charge is 2.37. The monoisotopic (exact) mass is 1020 g/mol. The minimum atomic E-state index is -1.90. The molecule has 23 heteroatoms. The maximum absolute atomic E-state index is 14.4. The van der Waals surface area contributed by atoms with Gasteiger partial charge < -0.3 is 63.2 Å². The van der Waals surface area contributed by atoms with Gasteiger partial charge in [0.1, 0.15) is 42.0 Å². The molecule has 23 nitrogen and oxygen atoms in total. The number of nitrogens with zero attached hydrogens (tertiary/aromatic N) is 2. The van der Waals surface area contributed by atoms with Crippen LogP contribution in [0.3, 0.4) is 0 Å². The van der Waals surface area contributed by atoms with Gasteiger partial charge in [0, 0.05) is 39.3 Å². The zero-order valence-electron chi connectivity index (χ0n) is 43.1. The Bertz CT molecular complexity index is 2260. The molecule has 1 aliphatic rings. The van der Waals surface area contributed by atoms with E-state index in [1.54, 1.807) is 26.8 Å². The van der Waals surface area contributed by atoms with Crippen LogP contribution < -0.4 is 43.4 Å². The Hall–Kier alpha value is -7.59. The summed E-state index contributed by atoms with van der Waals surface area (Å²) >= 11 is 0. The lowest BCUT2D eigenvalue weighted by atomic mass is 9.94. The molecular weight excluding hydrogens is 949 g/mol. The Morgan fingerprint density at radius 2 is 1.42 bits per heavy atom. The molecule has 402 valence electrons. The molecule has 0 radical (unpaired) electrons. The fourth-order valence-electron chi connectivity index (χ4n) is 7.52. The molecule has 1 saturated heterocycles. The van der Waals surface area contributed by atoms with Crippen LogP contribution in [0.25, 0.3) is 0 Å². The number of guanidine groups is 1. The van der Waals surface area contributed by atoms with Crippen LogP contribution in [0.2, 0.25) is 0 Å². The highest BCUT2D eigenvalue weighted by molar-refractivity contribution is 6.00. The molecule has 0 aliphatic carbocycles. The van der Waals surface area contributed by atoms with Crippen LogP contribution in [-0.2, 0) is 59.1 Å². The number of aliphatic carboxylic acids is 2. The first-order valence-electron chi connectivity index (χ1n) is 24.0. The van der Waals surface area contributed by atoms with E-state index < -0.39 is 132 Å². The van der Waals surface area contributed by atoms with Crippen molar-refractivity contribution in [3.8, 4) is 0 Å². The van der Waals surface area contributed by atoms with Gasteiger partial charge in [0.15, 0.2) is 5.96 Å². The normalized spacial score (nSPS) is 24.8. The van der Waals surface area contributed by atoms with Crippen LogP contribution in [0, 0.1) is 23.7 Å². The topological polar surface area (TPSA) is 360 Å². The molecule has 2 rings (SSSR count). The van der Waals surface area contributed by atoms with Crippen molar-refractivity contribution in [1.82, 2.24) is 36.8 Å². The number of benzene rings is 1. The van der Waals surface area contributed by atoms with Crippen LogP contribution in [0.15, 0.2) is 71.4 Å². The molecule has 0 unspecified atom stereocenters. The zero-order valence-corrected chi connectivity index (χ0v) is 43.1. The number of amides is 7. The minimum Gasteiger partial charge on any atom is -0.480 e. The predicted octanol–water partition coefficient (Wildman–Crippen LogP) is 0.535. The number of hydrogen-bond donors (Lipinski definition) is 10. The maximum Gasteiger partial charge on any atom is 0.327 e. The molecule has 12 N–H and O–H groups in total. The van der Waals surface area contributed by atoms with Gasteiger partial charge in [-0.3, -0.25) is 43.3 Å². The van der Waals surface area contributed by atoms with Crippen LogP contribution in [0.4, 0.5) is 0 Å². The molecule has 1 aromatic rings. The number of likely N-dealkylation sites (N-methyl/N-ethyl adjacent to an activating group) is 1. The standard InChI is InChI=1S/C50H74N10O13/c1-26(2)23-38-47(68)59-41(49(71)72)30(6)43(64)56-36(17-14-22-53-50(51)52)46(67)55-35(19-18-27(3)24-28(4)39(73-33(9)61)25-34-15-12-11-13-16-34)29(5)42(63)57-37(48(69)70)20-21-40(62)60(10)32(8)45(66)54-31(7)44(65)58-38/h11-13,15-16,18-19,24,26,28-31,35-39,41H,8,14,17,20-23,25H2,1-7,9-10H3,(H,54,66)(H,55,67)(H,56,64)(H,57,63)(H,58,65)(H,59,68)(H,69,70)(H,71,72)(H4,51,52,53)/b19-18+,27-24+/t28-,29-,30-,31+,35-,36-,37+,38-,39-,41+/m0/s1. The largest absolute Gasteiger partial charge is 0.480 e. The van der Waals surface area contributed by atoms with E-state index in [1.165, 1.54) is 40.8 Å². The number of ether oxygens (including phenoxy) is 1. The molecule has 0 bridgehead atoms. The van der Waals surface area contributed by atoms with Crippen LogP contribution in [0.1, 0.15) is 93.1 Å².